The molecule has 0 radical (unpaired) electrons. The fraction of sp³-hybridized carbons (Fsp3) is 0.176. The van der Waals surface area contributed by atoms with Crippen LogP contribution in [0, 0.1) is 13.8 Å². The van der Waals surface area contributed by atoms with Gasteiger partial charge in [-0.2, -0.15) is 5.10 Å². The molecule has 6 nitrogen and oxygen atoms in total. The number of aliphatic imine (C=N–C) groups is 1. The van der Waals surface area contributed by atoms with Crippen molar-refractivity contribution in [1.29, 1.82) is 0 Å². The van der Waals surface area contributed by atoms with E-state index in [1.807, 2.05) is 19.9 Å². The molecule has 0 amide bonds. The van der Waals surface area contributed by atoms with E-state index in [0.29, 0.717) is 22.3 Å². The highest BCUT2D eigenvalue weighted by molar-refractivity contribution is 6.30. The summed E-state index contributed by atoms with van der Waals surface area (Å²) in [5, 5.41) is 17.5. The van der Waals surface area contributed by atoms with E-state index in [2.05, 4.69) is 22.0 Å². The van der Waals surface area contributed by atoms with Crippen LogP contribution in [-0.2, 0) is 0 Å². The Morgan fingerprint density at radius 3 is 2.58 bits per heavy atom. The molecule has 126 valence electrons. The van der Waals surface area contributed by atoms with Crippen molar-refractivity contribution >= 4 is 28.9 Å². The molecular formula is C17H20ClN5O. The zero-order valence-corrected chi connectivity index (χ0v) is 14.4. The van der Waals surface area contributed by atoms with E-state index in [-0.39, 0.29) is 6.61 Å². The highest BCUT2D eigenvalue weighted by atomic mass is 35.5. The monoisotopic (exact) mass is 345 g/mol. The van der Waals surface area contributed by atoms with E-state index in [4.69, 9.17) is 17.3 Å². The maximum atomic E-state index is 9.43. The number of aromatic nitrogens is 2. The summed E-state index contributed by atoms with van der Waals surface area (Å²) in [6, 6.07) is 9.04. The molecule has 0 fully saturated rings. The third kappa shape index (κ3) is 4.24. The van der Waals surface area contributed by atoms with Crippen LogP contribution in [0.2, 0.25) is 5.02 Å². The van der Waals surface area contributed by atoms with Gasteiger partial charge >= 0.3 is 0 Å². The number of hydrogen-bond acceptors (Lipinski definition) is 4. The Morgan fingerprint density at radius 2 is 2.08 bits per heavy atom. The van der Waals surface area contributed by atoms with E-state index < -0.39 is 0 Å². The molecule has 2 aromatic rings. The number of hydrogen-bond donors (Lipinski definition) is 3. The molecule has 0 unspecified atom stereocenters. The fourth-order valence-corrected chi connectivity index (χ4v) is 2.20. The minimum absolute atomic E-state index is 0.242. The second-order valence-electron chi connectivity index (χ2n) is 5.22. The van der Waals surface area contributed by atoms with Crippen molar-refractivity contribution in [1.82, 2.24) is 9.78 Å². The average molecular weight is 346 g/mol. The molecular weight excluding hydrogens is 326 g/mol. The lowest BCUT2D eigenvalue weighted by Gasteiger charge is -2.13. The Hall–Kier alpha value is -2.57. The summed E-state index contributed by atoms with van der Waals surface area (Å²) < 4.78 is 1.63. The summed E-state index contributed by atoms with van der Waals surface area (Å²) >= 11 is 5.89. The van der Waals surface area contributed by atoms with Crippen molar-refractivity contribution in [2.24, 2.45) is 10.7 Å². The van der Waals surface area contributed by atoms with E-state index in [9.17, 15) is 5.11 Å². The van der Waals surface area contributed by atoms with Gasteiger partial charge in [0, 0.05) is 28.2 Å². The Balaban J connectivity index is 2.38. The van der Waals surface area contributed by atoms with E-state index >= 15 is 0 Å². The summed E-state index contributed by atoms with van der Waals surface area (Å²) in [6.45, 7) is 7.39. The molecule has 24 heavy (non-hydrogen) atoms. The molecule has 1 aromatic heterocycles. The van der Waals surface area contributed by atoms with Crippen LogP contribution >= 0.6 is 11.6 Å². The van der Waals surface area contributed by atoms with Crippen LogP contribution in [0.3, 0.4) is 0 Å². The van der Waals surface area contributed by atoms with Gasteiger partial charge in [-0.1, -0.05) is 18.2 Å². The molecule has 0 aliphatic heterocycles. The Bertz CT molecular complexity index is 790. The number of halogens is 1. The van der Waals surface area contributed by atoms with Crippen LogP contribution < -0.4 is 11.1 Å². The van der Waals surface area contributed by atoms with E-state index in [1.54, 1.807) is 28.9 Å². The number of anilines is 1. The summed E-state index contributed by atoms with van der Waals surface area (Å²) in [4.78, 5) is 4.48. The first-order chi connectivity index (χ1) is 11.4. The van der Waals surface area contributed by atoms with Gasteiger partial charge in [0.25, 0.3) is 0 Å². The molecule has 0 spiro atoms. The van der Waals surface area contributed by atoms with Crippen molar-refractivity contribution in [3.63, 3.8) is 0 Å². The Morgan fingerprint density at radius 1 is 1.42 bits per heavy atom. The Labute approximate surface area is 146 Å². The lowest BCUT2D eigenvalue weighted by atomic mass is 10.2. The van der Waals surface area contributed by atoms with Crippen molar-refractivity contribution < 1.29 is 5.11 Å². The van der Waals surface area contributed by atoms with Crippen LogP contribution in [-0.4, -0.2) is 27.3 Å². The molecule has 0 aliphatic carbocycles. The maximum absolute atomic E-state index is 9.43. The van der Waals surface area contributed by atoms with Gasteiger partial charge < -0.3 is 16.2 Å². The number of nitrogens with zero attached hydrogens (tertiary/aromatic N) is 3. The SMILES string of the molecule is C=C(CO)/C(=N\C(=C/N)n1nc(C)cc1C)Nc1ccc(Cl)cc1. The Kier molecular flexibility index (Phi) is 5.78. The predicted octanol–water partition coefficient (Wildman–Crippen LogP) is 2.93. The highest BCUT2D eigenvalue weighted by Gasteiger charge is 2.10. The van der Waals surface area contributed by atoms with Gasteiger partial charge in [0.05, 0.1) is 12.3 Å². The molecule has 0 aliphatic rings. The molecule has 4 N–H and O–H groups in total. The first-order valence-corrected chi connectivity index (χ1v) is 7.68. The number of benzene rings is 1. The number of amidine groups is 1. The minimum atomic E-state index is -0.242. The molecule has 7 heteroatoms. The zero-order chi connectivity index (χ0) is 17.7. The van der Waals surface area contributed by atoms with Gasteiger partial charge in [0.1, 0.15) is 5.84 Å². The average Bonchev–Trinajstić information content (AvgIpc) is 2.90. The lowest BCUT2D eigenvalue weighted by Crippen LogP contribution is -2.18. The standard InChI is InChI=1S/C17H20ClN5O/c1-11(10-24)17(20-15-6-4-14(18)5-7-15)21-16(9-19)23-13(3)8-12(2)22-23/h4-9,24H,1,10,19H2,2-3H3,(H,20,21)/b16-9+. The lowest BCUT2D eigenvalue weighted by molar-refractivity contribution is 0.337. The van der Waals surface area contributed by atoms with Crippen LogP contribution in [0.4, 0.5) is 5.69 Å². The van der Waals surface area contributed by atoms with Crippen molar-refractivity contribution in [3.05, 3.63) is 65.1 Å². The summed E-state index contributed by atoms with van der Waals surface area (Å²) in [5.74, 6) is 0.815. The van der Waals surface area contributed by atoms with Crippen molar-refractivity contribution in [3.8, 4) is 0 Å². The third-order valence-corrected chi connectivity index (χ3v) is 3.49. The summed E-state index contributed by atoms with van der Waals surface area (Å²) in [7, 11) is 0. The van der Waals surface area contributed by atoms with Crippen LogP contribution in [0.25, 0.3) is 5.82 Å². The normalized spacial score (nSPS) is 12.3. The molecule has 1 aromatic carbocycles. The first kappa shape index (κ1) is 17.8. The molecule has 0 saturated heterocycles. The van der Waals surface area contributed by atoms with Gasteiger partial charge in [0.2, 0.25) is 0 Å². The van der Waals surface area contributed by atoms with Gasteiger partial charge in [-0.15, -0.1) is 0 Å². The van der Waals surface area contributed by atoms with Gasteiger partial charge in [-0.3, -0.25) is 0 Å². The van der Waals surface area contributed by atoms with Gasteiger partial charge in [0.15, 0.2) is 5.82 Å². The fourth-order valence-electron chi connectivity index (χ4n) is 2.07. The molecule has 0 atom stereocenters. The predicted molar refractivity (Wildman–Crippen MR) is 98.9 cm³/mol. The number of rotatable bonds is 5. The summed E-state index contributed by atoms with van der Waals surface area (Å²) in [5.41, 5.74) is 8.66. The number of aryl methyl sites for hydroxylation is 2. The van der Waals surface area contributed by atoms with Crippen LogP contribution in [0.15, 0.2) is 53.7 Å². The number of nitrogens with two attached hydrogens (primary N) is 1. The minimum Gasteiger partial charge on any atom is -0.402 e. The first-order valence-electron chi connectivity index (χ1n) is 7.30. The number of aliphatic hydroxyl groups excluding tert-OH is 1. The van der Waals surface area contributed by atoms with Gasteiger partial charge in [-0.25, -0.2) is 9.67 Å². The highest BCUT2D eigenvalue weighted by Crippen LogP contribution is 2.16. The quantitative estimate of drug-likeness (QED) is 0.574. The second kappa shape index (κ2) is 7.81. The third-order valence-electron chi connectivity index (χ3n) is 3.23. The molecule has 2 rings (SSSR count). The second-order valence-corrected chi connectivity index (χ2v) is 5.65. The summed E-state index contributed by atoms with van der Waals surface area (Å²) in [6.07, 6.45) is 1.35. The largest absolute Gasteiger partial charge is 0.402 e. The van der Waals surface area contributed by atoms with Gasteiger partial charge in [-0.05, 0) is 44.2 Å². The number of aliphatic hydroxyl groups is 1. The van der Waals surface area contributed by atoms with E-state index in [1.165, 1.54) is 6.20 Å². The smallest absolute Gasteiger partial charge is 0.171 e. The van der Waals surface area contributed by atoms with Crippen molar-refractivity contribution in [2.75, 3.05) is 11.9 Å². The molecule has 0 saturated carbocycles. The topological polar surface area (TPSA) is 88.5 Å². The molecule has 0 bridgehead atoms. The van der Waals surface area contributed by atoms with E-state index in [0.717, 1.165) is 17.1 Å². The zero-order valence-electron chi connectivity index (χ0n) is 13.6. The maximum Gasteiger partial charge on any atom is 0.171 e. The van der Waals surface area contributed by atoms with Crippen LogP contribution in [0.5, 0.6) is 0 Å². The molecule has 1 heterocycles. The number of nitrogens with one attached hydrogen (secondary N) is 1. The van der Waals surface area contributed by atoms with Crippen molar-refractivity contribution in [2.45, 2.75) is 13.8 Å². The van der Waals surface area contributed by atoms with Crippen LogP contribution in [0.1, 0.15) is 11.4 Å².